The summed E-state index contributed by atoms with van der Waals surface area (Å²) >= 11 is 0. The maximum absolute atomic E-state index is 13.7. The van der Waals surface area contributed by atoms with E-state index in [1.54, 1.807) is 49.7 Å². The van der Waals surface area contributed by atoms with Crippen LogP contribution in [0.5, 0.6) is 0 Å². The first-order chi connectivity index (χ1) is 16.9. The molecule has 0 unspecified atom stereocenters. The number of anilines is 2. The van der Waals surface area contributed by atoms with Gasteiger partial charge in [0.15, 0.2) is 11.3 Å². The third-order valence-corrected chi connectivity index (χ3v) is 5.35. The number of carbonyl (C=O) groups is 2. The van der Waals surface area contributed by atoms with Gasteiger partial charge in [-0.15, -0.1) is 0 Å². The topological polar surface area (TPSA) is 106 Å². The summed E-state index contributed by atoms with van der Waals surface area (Å²) in [4.78, 5) is 29.7. The van der Waals surface area contributed by atoms with Crippen molar-refractivity contribution in [3.05, 3.63) is 71.4 Å². The molecule has 0 spiro atoms. The lowest BCUT2D eigenvalue weighted by molar-refractivity contribution is -0.142. The van der Waals surface area contributed by atoms with Crippen LogP contribution in [-0.4, -0.2) is 36.2 Å². The van der Waals surface area contributed by atoms with E-state index >= 15 is 0 Å². The van der Waals surface area contributed by atoms with E-state index in [2.05, 4.69) is 25.8 Å². The monoisotopic (exact) mass is 499 g/mol. The highest BCUT2D eigenvalue weighted by Gasteiger charge is 2.36. The quantitative estimate of drug-likeness (QED) is 0.412. The number of hydrogen-bond acceptors (Lipinski definition) is 5. The van der Waals surface area contributed by atoms with Gasteiger partial charge in [0.05, 0.1) is 5.69 Å². The standard InChI is InChI=1S/C24H24F3N7O2/c1-5-33-17(9-10-28-33)22(36)30-15-8-6-7-14(11-15)29-21(35)16-12-20-31-18(23(2,3)4)13-19(24(25,26)27)34(20)32-16/h6-13H,5H2,1-4H3,(H,29,35)(H,30,36). The summed E-state index contributed by atoms with van der Waals surface area (Å²) in [7, 11) is 0. The minimum absolute atomic E-state index is 0.0894. The fourth-order valence-electron chi connectivity index (χ4n) is 3.51. The number of carbonyl (C=O) groups excluding carboxylic acids is 2. The Morgan fingerprint density at radius 2 is 1.64 bits per heavy atom. The Morgan fingerprint density at radius 3 is 2.25 bits per heavy atom. The Morgan fingerprint density at radius 1 is 0.972 bits per heavy atom. The second-order valence-corrected chi connectivity index (χ2v) is 9.10. The van der Waals surface area contributed by atoms with Crippen LogP contribution in [-0.2, 0) is 18.1 Å². The molecule has 0 aliphatic rings. The SMILES string of the molecule is CCn1nccc1C(=O)Nc1cccc(NC(=O)c2cc3nc(C(C)(C)C)cc(C(F)(F)F)n3n2)c1. The smallest absolute Gasteiger partial charge is 0.321 e. The molecule has 0 atom stereocenters. The molecule has 2 N–H and O–H groups in total. The molecule has 3 aromatic heterocycles. The number of halogens is 3. The van der Waals surface area contributed by atoms with Gasteiger partial charge >= 0.3 is 6.18 Å². The van der Waals surface area contributed by atoms with Crippen LogP contribution in [0.25, 0.3) is 5.65 Å². The van der Waals surface area contributed by atoms with Crippen molar-refractivity contribution in [3.63, 3.8) is 0 Å². The molecule has 36 heavy (non-hydrogen) atoms. The van der Waals surface area contributed by atoms with Crippen molar-refractivity contribution in [1.29, 1.82) is 0 Å². The number of aryl methyl sites for hydroxylation is 1. The average molecular weight is 499 g/mol. The number of nitrogens with one attached hydrogen (secondary N) is 2. The van der Waals surface area contributed by atoms with Gasteiger partial charge in [-0.25, -0.2) is 9.50 Å². The van der Waals surface area contributed by atoms with Crippen molar-refractivity contribution in [2.45, 2.75) is 45.8 Å². The first-order valence-electron chi connectivity index (χ1n) is 11.1. The van der Waals surface area contributed by atoms with Gasteiger partial charge in [0.1, 0.15) is 11.4 Å². The van der Waals surface area contributed by atoms with E-state index in [9.17, 15) is 22.8 Å². The first kappa shape index (κ1) is 24.9. The number of rotatable bonds is 5. The summed E-state index contributed by atoms with van der Waals surface area (Å²) in [5, 5.41) is 13.3. The van der Waals surface area contributed by atoms with Gasteiger partial charge in [0, 0.05) is 35.6 Å². The van der Waals surface area contributed by atoms with Crippen LogP contribution in [0.2, 0.25) is 0 Å². The summed E-state index contributed by atoms with van der Waals surface area (Å²) in [6.07, 6.45) is -3.17. The second-order valence-electron chi connectivity index (χ2n) is 9.10. The fourth-order valence-corrected chi connectivity index (χ4v) is 3.51. The molecule has 2 amide bonds. The zero-order valence-electron chi connectivity index (χ0n) is 20.0. The molecule has 1 aromatic carbocycles. The zero-order chi connectivity index (χ0) is 26.3. The molecular formula is C24H24F3N7O2. The molecule has 0 saturated heterocycles. The lowest BCUT2D eigenvalue weighted by Gasteiger charge is -2.19. The van der Waals surface area contributed by atoms with E-state index in [0.717, 1.165) is 6.07 Å². The third kappa shape index (κ3) is 5.07. The largest absolute Gasteiger partial charge is 0.433 e. The van der Waals surface area contributed by atoms with Crippen molar-refractivity contribution in [2.24, 2.45) is 0 Å². The van der Waals surface area contributed by atoms with Crippen LogP contribution >= 0.6 is 0 Å². The Labute approximate surface area is 204 Å². The molecule has 4 rings (SSSR count). The maximum atomic E-state index is 13.7. The number of hydrogen-bond donors (Lipinski definition) is 2. The van der Waals surface area contributed by atoms with Crippen LogP contribution in [0.3, 0.4) is 0 Å². The van der Waals surface area contributed by atoms with Crippen LogP contribution in [0.4, 0.5) is 24.5 Å². The van der Waals surface area contributed by atoms with Gasteiger partial charge in [-0.05, 0) is 37.3 Å². The summed E-state index contributed by atoms with van der Waals surface area (Å²) in [5.74, 6) is -1.10. The van der Waals surface area contributed by atoms with Crippen molar-refractivity contribution in [2.75, 3.05) is 10.6 Å². The third-order valence-electron chi connectivity index (χ3n) is 5.35. The Hall–Kier alpha value is -4.22. The summed E-state index contributed by atoms with van der Waals surface area (Å²) in [6, 6.07) is 10.1. The number of benzene rings is 1. The molecular weight excluding hydrogens is 475 g/mol. The normalized spacial score (nSPS) is 12.1. The minimum Gasteiger partial charge on any atom is -0.321 e. The molecule has 0 aliphatic carbocycles. The predicted molar refractivity (Wildman–Crippen MR) is 127 cm³/mol. The fraction of sp³-hybridized carbons (Fsp3) is 0.292. The number of alkyl halides is 3. The number of nitrogens with zero attached hydrogens (tertiary/aromatic N) is 5. The molecule has 0 saturated carbocycles. The van der Waals surface area contributed by atoms with Crippen molar-refractivity contribution >= 4 is 28.8 Å². The van der Waals surface area contributed by atoms with E-state index < -0.39 is 23.2 Å². The summed E-state index contributed by atoms with van der Waals surface area (Å²) < 4.78 is 43.3. The van der Waals surface area contributed by atoms with Crippen molar-refractivity contribution in [1.82, 2.24) is 24.4 Å². The molecule has 0 bridgehead atoms. The molecule has 0 radical (unpaired) electrons. The van der Waals surface area contributed by atoms with Crippen LogP contribution in [0, 0.1) is 0 Å². The zero-order valence-corrected chi connectivity index (χ0v) is 20.0. The first-order valence-corrected chi connectivity index (χ1v) is 11.1. The number of amides is 2. The second kappa shape index (κ2) is 9.10. The average Bonchev–Trinajstić information content (AvgIpc) is 3.44. The van der Waals surface area contributed by atoms with E-state index in [1.807, 2.05) is 6.92 Å². The van der Waals surface area contributed by atoms with Crippen LogP contribution < -0.4 is 10.6 Å². The van der Waals surface area contributed by atoms with Gasteiger partial charge < -0.3 is 10.6 Å². The highest BCUT2D eigenvalue weighted by atomic mass is 19.4. The van der Waals surface area contributed by atoms with E-state index in [1.165, 1.54) is 18.3 Å². The molecule has 0 aliphatic heterocycles. The minimum atomic E-state index is -4.69. The summed E-state index contributed by atoms with van der Waals surface area (Å²) in [6.45, 7) is 7.62. The number of aromatic nitrogens is 5. The lowest BCUT2D eigenvalue weighted by atomic mass is 9.91. The molecule has 12 heteroatoms. The highest BCUT2D eigenvalue weighted by Crippen LogP contribution is 2.32. The van der Waals surface area contributed by atoms with E-state index in [4.69, 9.17) is 0 Å². The predicted octanol–water partition coefficient (Wildman–Crippen LogP) is 4.77. The number of fused-ring (bicyclic) bond motifs is 1. The van der Waals surface area contributed by atoms with Crippen molar-refractivity contribution in [3.8, 4) is 0 Å². The summed E-state index contributed by atoms with van der Waals surface area (Å²) in [5.41, 5.74) is -0.665. The van der Waals surface area contributed by atoms with Gasteiger partial charge in [-0.1, -0.05) is 26.8 Å². The Balaban J connectivity index is 1.59. The Kier molecular flexibility index (Phi) is 6.29. The van der Waals surface area contributed by atoms with Crippen LogP contribution in [0.15, 0.2) is 48.7 Å². The van der Waals surface area contributed by atoms with Gasteiger partial charge in [0.2, 0.25) is 0 Å². The lowest BCUT2D eigenvalue weighted by Crippen LogP contribution is -2.20. The Bertz CT molecular complexity index is 1450. The molecule has 188 valence electrons. The molecule has 9 nitrogen and oxygen atoms in total. The molecule has 0 fully saturated rings. The maximum Gasteiger partial charge on any atom is 0.433 e. The highest BCUT2D eigenvalue weighted by molar-refractivity contribution is 6.05. The van der Waals surface area contributed by atoms with Gasteiger partial charge in [-0.3, -0.25) is 14.3 Å². The molecule has 4 aromatic rings. The van der Waals surface area contributed by atoms with E-state index in [-0.39, 0.29) is 22.9 Å². The van der Waals surface area contributed by atoms with Crippen molar-refractivity contribution < 1.29 is 22.8 Å². The van der Waals surface area contributed by atoms with E-state index in [0.29, 0.717) is 28.1 Å². The van der Waals surface area contributed by atoms with Gasteiger partial charge in [-0.2, -0.15) is 23.4 Å². The van der Waals surface area contributed by atoms with Crippen LogP contribution in [0.1, 0.15) is 60.1 Å². The molecule has 3 heterocycles. The van der Waals surface area contributed by atoms with Gasteiger partial charge in [0.25, 0.3) is 11.8 Å².